The maximum Gasteiger partial charge on any atom is 0.327 e. The quantitative estimate of drug-likeness (QED) is 0.841. The average Bonchev–Trinajstić information content (AvgIpc) is 2.49. The van der Waals surface area contributed by atoms with Gasteiger partial charge in [-0.3, -0.25) is 0 Å². The van der Waals surface area contributed by atoms with Gasteiger partial charge < -0.3 is 14.9 Å². The molecule has 0 bridgehead atoms. The molecular formula is C17H18O4. The van der Waals surface area contributed by atoms with Crippen LogP contribution >= 0.6 is 0 Å². The van der Waals surface area contributed by atoms with Crippen LogP contribution < -0.4 is 4.74 Å². The summed E-state index contributed by atoms with van der Waals surface area (Å²) in [5.41, 5.74) is 1.72. The number of hydrogen-bond donors (Lipinski definition) is 2. The molecule has 0 aliphatic heterocycles. The minimum atomic E-state index is -0.981. The van der Waals surface area contributed by atoms with Crippen LogP contribution in [0.5, 0.6) is 11.5 Å². The molecule has 0 spiro atoms. The van der Waals surface area contributed by atoms with Gasteiger partial charge in [-0.25, -0.2) is 4.79 Å². The van der Waals surface area contributed by atoms with Crippen LogP contribution in [0.25, 0.3) is 11.1 Å². The van der Waals surface area contributed by atoms with E-state index in [1.807, 2.05) is 49.4 Å². The lowest BCUT2D eigenvalue weighted by Gasteiger charge is -2.10. The first kappa shape index (κ1) is 16.3. The predicted molar refractivity (Wildman–Crippen MR) is 82.5 cm³/mol. The predicted octanol–water partition coefficient (Wildman–Crippen LogP) is 3.71. The number of ether oxygens (including phenoxy) is 1. The first-order chi connectivity index (χ1) is 10.1. The Morgan fingerprint density at radius 2 is 1.67 bits per heavy atom. The molecule has 2 rings (SSSR count). The lowest BCUT2D eigenvalue weighted by atomic mass is 10.0. The molecule has 21 heavy (non-hydrogen) atoms. The van der Waals surface area contributed by atoms with Gasteiger partial charge in [0.05, 0.1) is 6.61 Å². The number of phenols is 1. The van der Waals surface area contributed by atoms with Crippen molar-refractivity contribution in [1.82, 2.24) is 0 Å². The lowest BCUT2D eigenvalue weighted by Crippen LogP contribution is -1.93. The number of rotatable bonds is 4. The van der Waals surface area contributed by atoms with Gasteiger partial charge in [0.25, 0.3) is 0 Å². The molecule has 0 heterocycles. The fraction of sp³-hybridized carbons (Fsp3) is 0.118. The third-order valence-electron chi connectivity index (χ3n) is 2.56. The second-order valence-corrected chi connectivity index (χ2v) is 3.99. The van der Waals surface area contributed by atoms with Crippen LogP contribution in [-0.4, -0.2) is 22.8 Å². The number of carboxylic acid groups (broad SMARTS) is 1. The molecule has 2 aromatic rings. The summed E-state index contributed by atoms with van der Waals surface area (Å²) in [5, 5.41) is 17.4. The number of carbonyl (C=O) groups is 1. The summed E-state index contributed by atoms with van der Waals surface area (Å²) in [6, 6.07) is 15.0. The molecule has 0 aliphatic carbocycles. The van der Waals surface area contributed by atoms with Gasteiger partial charge in [0, 0.05) is 17.2 Å². The third kappa shape index (κ3) is 5.03. The Morgan fingerprint density at radius 1 is 1.14 bits per heavy atom. The molecule has 0 atom stereocenters. The highest BCUT2D eigenvalue weighted by Gasteiger charge is 2.08. The molecule has 0 saturated heterocycles. The van der Waals surface area contributed by atoms with E-state index in [0.29, 0.717) is 6.61 Å². The molecule has 4 nitrogen and oxygen atoms in total. The minimum absolute atomic E-state index is 0.273. The van der Waals surface area contributed by atoms with Gasteiger partial charge in [0.2, 0.25) is 0 Å². The first-order valence-electron chi connectivity index (χ1n) is 6.45. The van der Waals surface area contributed by atoms with Crippen molar-refractivity contribution < 1.29 is 19.7 Å². The highest BCUT2D eigenvalue weighted by atomic mass is 16.5. The molecule has 0 aromatic heterocycles. The maximum atomic E-state index is 9.80. The van der Waals surface area contributed by atoms with Crippen LogP contribution in [0.3, 0.4) is 0 Å². The molecule has 4 heteroatoms. The number of hydrogen-bond acceptors (Lipinski definition) is 3. The highest BCUT2D eigenvalue weighted by Crippen LogP contribution is 2.35. The molecular weight excluding hydrogens is 268 g/mol. The number of phenolic OH excluding ortho intramolecular Hbond substituents is 1. The molecule has 110 valence electrons. The Morgan fingerprint density at radius 3 is 2.19 bits per heavy atom. The van der Waals surface area contributed by atoms with E-state index in [9.17, 15) is 9.90 Å². The second-order valence-electron chi connectivity index (χ2n) is 3.99. The van der Waals surface area contributed by atoms with E-state index in [-0.39, 0.29) is 5.75 Å². The number of para-hydroxylation sites is 2. The van der Waals surface area contributed by atoms with Crippen LogP contribution in [0.4, 0.5) is 0 Å². The van der Waals surface area contributed by atoms with E-state index >= 15 is 0 Å². The molecule has 0 amide bonds. The third-order valence-corrected chi connectivity index (χ3v) is 2.56. The van der Waals surface area contributed by atoms with Gasteiger partial charge in [-0.15, -0.1) is 0 Å². The Hall–Kier alpha value is -2.75. The van der Waals surface area contributed by atoms with Crippen LogP contribution in [0.1, 0.15) is 6.92 Å². The normalized spacial score (nSPS) is 9.19. The molecule has 0 saturated carbocycles. The van der Waals surface area contributed by atoms with Gasteiger partial charge >= 0.3 is 5.97 Å². The van der Waals surface area contributed by atoms with Crippen molar-refractivity contribution in [2.24, 2.45) is 0 Å². The average molecular weight is 286 g/mol. The Kier molecular flexibility index (Phi) is 6.54. The number of aliphatic carboxylic acids is 1. The van der Waals surface area contributed by atoms with Gasteiger partial charge in [0.15, 0.2) is 0 Å². The molecule has 0 unspecified atom stereocenters. The Bertz CT molecular complexity index is 605. The van der Waals surface area contributed by atoms with Crippen molar-refractivity contribution in [3.63, 3.8) is 0 Å². The van der Waals surface area contributed by atoms with E-state index in [1.165, 1.54) is 0 Å². The fourth-order valence-electron chi connectivity index (χ4n) is 1.67. The van der Waals surface area contributed by atoms with Crippen LogP contribution in [-0.2, 0) is 4.79 Å². The number of carboxylic acids is 1. The SMILES string of the molecule is C=CC(=O)O.CCOc1ccccc1-c1ccccc1O. The van der Waals surface area contributed by atoms with E-state index in [2.05, 4.69) is 6.58 Å². The number of benzene rings is 2. The van der Waals surface area contributed by atoms with Crippen LogP contribution in [0, 0.1) is 0 Å². The van der Waals surface area contributed by atoms with E-state index in [1.54, 1.807) is 6.07 Å². The van der Waals surface area contributed by atoms with E-state index < -0.39 is 5.97 Å². The zero-order valence-corrected chi connectivity index (χ0v) is 11.8. The van der Waals surface area contributed by atoms with Gasteiger partial charge in [-0.2, -0.15) is 0 Å². The molecule has 2 N–H and O–H groups in total. The smallest absolute Gasteiger partial charge is 0.327 e. The summed E-state index contributed by atoms with van der Waals surface area (Å²) < 4.78 is 5.54. The summed E-state index contributed by atoms with van der Waals surface area (Å²) in [4.78, 5) is 9.25. The molecule has 0 radical (unpaired) electrons. The Labute approximate surface area is 123 Å². The zero-order chi connectivity index (χ0) is 15.7. The van der Waals surface area contributed by atoms with Gasteiger partial charge in [0.1, 0.15) is 11.5 Å². The van der Waals surface area contributed by atoms with Crippen LogP contribution in [0.2, 0.25) is 0 Å². The van der Waals surface area contributed by atoms with Crippen molar-refractivity contribution in [2.75, 3.05) is 6.61 Å². The Balaban J connectivity index is 0.000000383. The number of aromatic hydroxyl groups is 1. The molecule has 2 aromatic carbocycles. The van der Waals surface area contributed by atoms with E-state index in [0.717, 1.165) is 23.0 Å². The minimum Gasteiger partial charge on any atom is -0.507 e. The topological polar surface area (TPSA) is 66.8 Å². The second kappa shape index (κ2) is 8.43. The maximum absolute atomic E-state index is 9.80. The first-order valence-corrected chi connectivity index (χ1v) is 6.45. The van der Waals surface area contributed by atoms with Crippen molar-refractivity contribution in [3.05, 3.63) is 61.2 Å². The summed E-state index contributed by atoms with van der Waals surface area (Å²) in [7, 11) is 0. The van der Waals surface area contributed by atoms with Crippen LogP contribution in [0.15, 0.2) is 61.2 Å². The monoisotopic (exact) mass is 286 g/mol. The highest BCUT2D eigenvalue weighted by molar-refractivity contribution is 5.78. The van der Waals surface area contributed by atoms with Gasteiger partial charge in [-0.1, -0.05) is 43.0 Å². The largest absolute Gasteiger partial charge is 0.507 e. The standard InChI is InChI=1S/C14H14O2.C3H4O2/c1-2-16-14-10-6-4-8-12(14)11-7-3-5-9-13(11)15;1-2-3(4)5/h3-10,15H,2H2,1H3;2H,1H2,(H,4,5). The van der Waals surface area contributed by atoms with Crippen molar-refractivity contribution in [2.45, 2.75) is 6.92 Å². The zero-order valence-electron chi connectivity index (χ0n) is 11.8. The lowest BCUT2D eigenvalue weighted by molar-refractivity contribution is -0.131. The summed E-state index contributed by atoms with van der Waals surface area (Å²) in [6.45, 7) is 5.52. The summed E-state index contributed by atoms with van der Waals surface area (Å²) >= 11 is 0. The summed E-state index contributed by atoms with van der Waals surface area (Å²) in [5.74, 6) is 0.0890. The molecule has 0 fully saturated rings. The van der Waals surface area contributed by atoms with Gasteiger partial charge in [-0.05, 0) is 19.1 Å². The molecule has 0 aliphatic rings. The van der Waals surface area contributed by atoms with Crippen molar-refractivity contribution in [3.8, 4) is 22.6 Å². The van der Waals surface area contributed by atoms with Crippen molar-refractivity contribution >= 4 is 5.97 Å². The van der Waals surface area contributed by atoms with E-state index in [4.69, 9.17) is 9.84 Å². The summed E-state index contributed by atoms with van der Waals surface area (Å²) in [6.07, 6.45) is 0.833. The van der Waals surface area contributed by atoms with Crippen molar-refractivity contribution in [1.29, 1.82) is 0 Å². The fourth-order valence-corrected chi connectivity index (χ4v) is 1.67.